The fourth-order valence-electron chi connectivity index (χ4n) is 3.75. The first-order valence-corrected chi connectivity index (χ1v) is 7.10. The Morgan fingerprint density at radius 1 is 1.06 bits per heavy atom. The van der Waals surface area contributed by atoms with Crippen molar-refractivity contribution in [2.75, 3.05) is 0 Å². The van der Waals surface area contributed by atoms with Crippen molar-refractivity contribution in [3.63, 3.8) is 0 Å². The lowest BCUT2D eigenvalue weighted by Crippen LogP contribution is -2.39. The summed E-state index contributed by atoms with van der Waals surface area (Å²) in [6, 6.07) is 0. The van der Waals surface area contributed by atoms with E-state index >= 15 is 0 Å². The van der Waals surface area contributed by atoms with E-state index in [0.29, 0.717) is 24.7 Å². The molecule has 0 aromatic heterocycles. The third kappa shape index (κ3) is 2.49. The van der Waals surface area contributed by atoms with Gasteiger partial charge in [0.15, 0.2) is 0 Å². The fraction of sp³-hybridized carbons (Fsp3) is 1.00. The summed E-state index contributed by atoms with van der Waals surface area (Å²) in [7, 11) is 0. The van der Waals surface area contributed by atoms with Crippen LogP contribution in [0.2, 0.25) is 0 Å². The van der Waals surface area contributed by atoms with Gasteiger partial charge in [-0.25, -0.2) is 8.78 Å². The molecule has 1 atom stereocenters. The maximum absolute atomic E-state index is 13.4. The van der Waals surface area contributed by atoms with Crippen LogP contribution in [-0.2, 0) is 0 Å². The van der Waals surface area contributed by atoms with Crippen LogP contribution in [0.15, 0.2) is 0 Å². The summed E-state index contributed by atoms with van der Waals surface area (Å²) in [4.78, 5) is 0. The van der Waals surface area contributed by atoms with E-state index in [1.807, 2.05) is 0 Å². The van der Waals surface area contributed by atoms with Gasteiger partial charge in [0.1, 0.15) is 0 Å². The number of alkyl halides is 2. The van der Waals surface area contributed by atoms with Gasteiger partial charge in [0.25, 0.3) is 0 Å². The van der Waals surface area contributed by atoms with E-state index in [0.717, 1.165) is 32.1 Å². The molecule has 1 nitrogen and oxygen atoms in total. The quantitative estimate of drug-likeness (QED) is 0.798. The van der Waals surface area contributed by atoms with Gasteiger partial charge in [0, 0.05) is 12.8 Å². The standard InChI is InChI=1S/C14H22F2O/c15-13(16)7-1-2-10(8-13)9-14(17,11-3-4-11)12-5-6-12/h10-12,17H,1-9H2. The number of hydrogen-bond acceptors (Lipinski definition) is 1. The molecule has 0 radical (unpaired) electrons. The zero-order chi connectivity index (χ0) is 12.1. The first kappa shape index (κ1) is 11.9. The minimum Gasteiger partial charge on any atom is -0.389 e. The van der Waals surface area contributed by atoms with Crippen LogP contribution >= 0.6 is 0 Å². The van der Waals surface area contributed by atoms with E-state index in [9.17, 15) is 13.9 Å². The van der Waals surface area contributed by atoms with Gasteiger partial charge < -0.3 is 5.11 Å². The number of rotatable bonds is 4. The minimum atomic E-state index is -2.48. The second-order valence-electron chi connectivity index (χ2n) is 6.56. The molecular weight excluding hydrogens is 222 g/mol. The summed E-state index contributed by atoms with van der Waals surface area (Å²) < 4.78 is 26.8. The second-order valence-corrected chi connectivity index (χ2v) is 6.56. The highest BCUT2D eigenvalue weighted by atomic mass is 19.3. The van der Waals surface area contributed by atoms with E-state index in [1.54, 1.807) is 0 Å². The molecule has 0 heterocycles. The Labute approximate surface area is 102 Å². The van der Waals surface area contributed by atoms with Gasteiger partial charge in [-0.2, -0.15) is 0 Å². The predicted octanol–water partition coefficient (Wildman–Crippen LogP) is 3.75. The summed E-state index contributed by atoms with van der Waals surface area (Å²) in [5, 5.41) is 10.8. The second kappa shape index (κ2) is 3.91. The predicted molar refractivity (Wildman–Crippen MR) is 61.9 cm³/mol. The number of halogens is 2. The molecule has 0 amide bonds. The lowest BCUT2D eigenvalue weighted by Gasteiger charge is -2.36. The third-order valence-corrected chi connectivity index (χ3v) is 4.93. The highest BCUT2D eigenvalue weighted by molar-refractivity contribution is 5.05. The number of hydrogen-bond donors (Lipinski definition) is 1. The zero-order valence-corrected chi connectivity index (χ0v) is 10.3. The average Bonchev–Trinajstić information content (AvgIpc) is 3.09. The molecule has 1 N–H and O–H groups in total. The fourth-order valence-corrected chi connectivity index (χ4v) is 3.75. The molecule has 3 fully saturated rings. The van der Waals surface area contributed by atoms with Gasteiger partial charge >= 0.3 is 0 Å². The van der Waals surface area contributed by atoms with Crippen molar-refractivity contribution in [2.24, 2.45) is 17.8 Å². The number of aliphatic hydroxyl groups is 1. The molecule has 1 unspecified atom stereocenters. The van der Waals surface area contributed by atoms with E-state index in [2.05, 4.69) is 0 Å². The van der Waals surface area contributed by atoms with E-state index in [-0.39, 0.29) is 18.8 Å². The highest BCUT2D eigenvalue weighted by Gasteiger charge is 2.54. The summed E-state index contributed by atoms with van der Waals surface area (Å²) in [6.45, 7) is 0. The average molecular weight is 244 g/mol. The maximum atomic E-state index is 13.4. The summed E-state index contributed by atoms with van der Waals surface area (Å²) in [5.41, 5.74) is -0.585. The monoisotopic (exact) mass is 244 g/mol. The van der Waals surface area contributed by atoms with E-state index < -0.39 is 11.5 Å². The van der Waals surface area contributed by atoms with Gasteiger partial charge in [-0.1, -0.05) is 0 Å². The smallest absolute Gasteiger partial charge is 0.248 e. The van der Waals surface area contributed by atoms with Crippen molar-refractivity contribution in [3.8, 4) is 0 Å². The van der Waals surface area contributed by atoms with Crippen LogP contribution in [0.25, 0.3) is 0 Å². The molecule has 3 aliphatic rings. The summed E-state index contributed by atoms with van der Waals surface area (Å²) in [6.07, 6.45) is 6.64. The third-order valence-electron chi connectivity index (χ3n) is 4.93. The molecule has 0 spiro atoms. The molecule has 0 bridgehead atoms. The van der Waals surface area contributed by atoms with Crippen molar-refractivity contribution in [3.05, 3.63) is 0 Å². The molecule has 0 saturated heterocycles. The molecule has 98 valence electrons. The summed E-state index contributed by atoms with van der Waals surface area (Å²) >= 11 is 0. The zero-order valence-electron chi connectivity index (χ0n) is 10.3. The minimum absolute atomic E-state index is 0.00868. The first-order chi connectivity index (χ1) is 8.00. The van der Waals surface area contributed by atoms with Gasteiger partial charge in [-0.15, -0.1) is 0 Å². The highest BCUT2D eigenvalue weighted by Crippen LogP contribution is 2.56. The lowest BCUT2D eigenvalue weighted by molar-refractivity contribution is -0.0817. The van der Waals surface area contributed by atoms with Crippen molar-refractivity contribution in [1.82, 2.24) is 0 Å². The van der Waals surface area contributed by atoms with Crippen LogP contribution in [-0.4, -0.2) is 16.6 Å². The molecular formula is C14H22F2O. The van der Waals surface area contributed by atoms with Crippen LogP contribution in [0.4, 0.5) is 8.78 Å². The molecule has 0 aliphatic heterocycles. The summed E-state index contributed by atoms with van der Waals surface area (Å²) in [5.74, 6) is -1.59. The Morgan fingerprint density at radius 2 is 1.65 bits per heavy atom. The van der Waals surface area contributed by atoms with Gasteiger partial charge in [-0.3, -0.25) is 0 Å². The van der Waals surface area contributed by atoms with E-state index in [4.69, 9.17) is 0 Å². The molecule has 3 heteroatoms. The first-order valence-electron chi connectivity index (χ1n) is 7.10. The van der Waals surface area contributed by atoms with Crippen LogP contribution < -0.4 is 0 Å². The lowest BCUT2D eigenvalue weighted by atomic mass is 9.75. The normalized spacial score (nSPS) is 33.7. The molecule has 17 heavy (non-hydrogen) atoms. The van der Waals surface area contributed by atoms with Crippen LogP contribution in [0, 0.1) is 17.8 Å². The Bertz CT molecular complexity index is 283. The van der Waals surface area contributed by atoms with Gasteiger partial charge in [-0.05, 0) is 62.7 Å². The van der Waals surface area contributed by atoms with Crippen LogP contribution in [0.5, 0.6) is 0 Å². The molecule has 3 rings (SSSR count). The Kier molecular flexibility index (Phi) is 2.73. The molecule has 3 aliphatic carbocycles. The Hall–Kier alpha value is -0.180. The van der Waals surface area contributed by atoms with Crippen LogP contribution in [0.1, 0.15) is 57.8 Å². The largest absolute Gasteiger partial charge is 0.389 e. The van der Waals surface area contributed by atoms with Gasteiger partial charge in [0.2, 0.25) is 5.92 Å². The van der Waals surface area contributed by atoms with Crippen molar-refractivity contribution in [2.45, 2.75) is 69.3 Å². The van der Waals surface area contributed by atoms with E-state index in [1.165, 1.54) is 0 Å². The Morgan fingerprint density at radius 3 is 2.12 bits per heavy atom. The topological polar surface area (TPSA) is 20.2 Å². The van der Waals surface area contributed by atoms with Crippen molar-refractivity contribution >= 4 is 0 Å². The maximum Gasteiger partial charge on any atom is 0.248 e. The SMILES string of the molecule is OC(CC1CCCC(F)(F)C1)(C1CC1)C1CC1. The van der Waals surface area contributed by atoms with Crippen LogP contribution in [0.3, 0.4) is 0 Å². The molecule has 3 saturated carbocycles. The van der Waals surface area contributed by atoms with Gasteiger partial charge in [0.05, 0.1) is 5.60 Å². The molecule has 0 aromatic rings. The molecule has 0 aromatic carbocycles. The Balaban J connectivity index is 1.64. The van der Waals surface area contributed by atoms with Crippen molar-refractivity contribution < 1.29 is 13.9 Å². The van der Waals surface area contributed by atoms with Crippen molar-refractivity contribution in [1.29, 1.82) is 0 Å².